The molecule has 20 heavy (non-hydrogen) atoms. The fraction of sp³-hybridized carbons (Fsp3) is 0.714. The molecule has 6 heteroatoms. The summed E-state index contributed by atoms with van der Waals surface area (Å²) in [7, 11) is 1.94. The van der Waals surface area contributed by atoms with Gasteiger partial charge < -0.3 is 10.0 Å². The Morgan fingerprint density at radius 1 is 1.45 bits per heavy atom. The molecule has 0 amide bonds. The van der Waals surface area contributed by atoms with Crippen molar-refractivity contribution < 1.29 is 10.0 Å². The largest absolute Gasteiger partial charge is 0.388 e. The molecule has 0 spiro atoms. The number of nitrogens with zero attached hydrogens (tertiary/aromatic N) is 2. The van der Waals surface area contributed by atoms with E-state index < -0.39 is 6.10 Å². The second-order valence-corrected chi connectivity index (χ2v) is 6.86. The number of aliphatic hydroxyl groups excluding tert-OH is 1. The van der Waals surface area contributed by atoms with Crippen LogP contribution in [0, 0.1) is 16.0 Å². The zero-order chi connectivity index (χ0) is 14.9. The maximum absolute atomic E-state index is 11.2. The Balaban J connectivity index is 2.24. The molecule has 1 N–H and O–H groups in total. The van der Waals surface area contributed by atoms with Crippen molar-refractivity contribution in [2.24, 2.45) is 5.92 Å². The molecule has 0 radical (unpaired) electrons. The molecule has 0 aliphatic heterocycles. The average Bonchev–Trinajstić information content (AvgIpc) is 2.84. The smallest absolute Gasteiger partial charge is 0.304 e. The predicted octanol–water partition coefficient (Wildman–Crippen LogP) is 3.72. The lowest BCUT2D eigenvalue weighted by Crippen LogP contribution is -2.34. The first-order valence-corrected chi connectivity index (χ1v) is 7.90. The number of rotatable bonds is 4. The molecule has 1 aromatic rings. The third-order valence-corrected chi connectivity index (χ3v) is 5.56. The molecule has 0 aromatic carbocycles. The van der Waals surface area contributed by atoms with Gasteiger partial charge in [-0.05, 0) is 38.5 Å². The standard InChI is InChI=1S/C14H22N2O3S/c1-9-4-6-11(7-5-9)15(3)14-12(16(18)19)8-13(20-14)10(2)17/h8-11,17H,4-7H2,1-3H3/t9?,10-,11?/m1/s1. The molecular weight excluding hydrogens is 276 g/mol. The molecule has 0 unspecified atom stereocenters. The molecule has 112 valence electrons. The van der Waals surface area contributed by atoms with Gasteiger partial charge in [-0.3, -0.25) is 10.1 Å². The van der Waals surface area contributed by atoms with E-state index in [4.69, 9.17) is 0 Å². The molecule has 5 nitrogen and oxygen atoms in total. The molecular formula is C14H22N2O3S. The van der Waals surface area contributed by atoms with E-state index in [0.717, 1.165) is 18.8 Å². The van der Waals surface area contributed by atoms with Gasteiger partial charge in [-0.15, -0.1) is 11.3 Å². The second-order valence-electron chi connectivity index (χ2n) is 5.80. The predicted molar refractivity (Wildman–Crippen MR) is 81.4 cm³/mol. The fourth-order valence-electron chi connectivity index (χ4n) is 2.77. The van der Waals surface area contributed by atoms with Gasteiger partial charge in [-0.2, -0.15) is 0 Å². The fourth-order valence-corrected chi connectivity index (χ4v) is 3.87. The van der Waals surface area contributed by atoms with Gasteiger partial charge in [0, 0.05) is 24.0 Å². The first-order chi connectivity index (χ1) is 9.40. The number of thiophene rings is 1. The van der Waals surface area contributed by atoms with E-state index in [1.807, 2.05) is 11.9 Å². The second kappa shape index (κ2) is 6.10. The molecule has 0 saturated heterocycles. The summed E-state index contributed by atoms with van der Waals surface area (Å²) >= 11 is 1.33. The van der Waals surface area contributed by atoms with E-state index in [2.05, 4.69) is 6.92 Å². The highest BCUT2D eigenvalue weighted by Gasteiger charge is 2.29. The molecule has 1 fully saturated rings. The summed E-state index contributed by atoms with van der Waals surface area (Å²) in [6.45, 7) is 3.90. The highest BCUT2D eigenvalue weighted by atomic mass is 32.1. The first-order valence-electron chi connectivity index (χ1n) is 7.09. The zero-order valence-electron chi connectivity index (χ0n) is 12.2. The van der Waals surface area contributed by atoms with Gasteiger partial charge in [0.1, 0.15) is 0 Å². The van der Waals surface area contributed by atoms with Crippen LogP contribution >= 0.6 is 11.3 Å². The maximum Gasteiger partial charge on any atom is 0.304 e. The molecule has 1 saturated carbocycles. The summed E-state index contributed by atoms with van der Waals surface area (Å²) in [5.41, 5.74) is 0.118. The first kappa shape index (κ1) is 15.3. The van der Waals surface area contributed by atoms with Crippen LogP contribution in [0.3, 0.4) is 0 Å². The van der Waals surface area contributed by atoms with Crippen molar-refractivity contribution in [3.05, 3.63) is 21.1 Å². The van der Waals surface area contributed by atoms with Gasteiger partial charge in [0.2, 0.25) is 0 Å². The van der Waals surface area contributed by atoms with Crippen LogP contribution in [0.25, 0.3) is 0 Å². The average molecular weight is 298 g/mol. The summed E-state index contributed by atoms with van der Waals surface area (Å²) < 4.78 is 0. The van der Waals surface area contributed by atoms with E-state index in [1.165, 1.54) is 30.2 Å². The van der Waals surface area contributed by atoms with Crippen LogP contribution < -0.4 is 4.90 Å². The highest BCUT2D eigenvalue weighted by molar-refractivity contribution is 7.16. The summed E-state index contributed by atoms with van der Waals surface area (Å²) in [4.78, 5) is 13.6. The van der Waals surface area contributed by atoms with Gasteiger partial charge in [0.15, 0.2) is 5.00 Å². The summed E-state index contributed by atoms with van der Waals surface area (Å²) in [6.07, 6.45) is 3.86. The van der Waals surface area contributed by atoms with Crippen molar-refractivity contribution in [2.75, 3.05) is 11.9 Å². The molecule has 1 aromatic heterocycles. The quantitative estimate of drug-likeness (QED) is 0.679. The van der Waals surface area contributed by atoms with Crippen LogP contribution in [0.15, 0.2) is 6.07 Å². The van der Waals surface area contributed by atoms with Crippen LogP contribution in [-0.2, 0) is 0 Å². The van der Waals surface area contributed by atoms with Gasteiger partial charge in [-0.25, -0.2) is 0 Å². The topological polar surface area (TPSA) is 66.6 Å². The van der Waals surface area contributed by atoms with Crippen molar-refractivity contribution in [3.63, 3.8) is 0 Å². The third-order valence-electron chi connectivity index (χ3n) is 4.17. The molecule has 1 aliphatic carbocycles. The van der Waals surface area contributed by atoms with E-state index in [0.29, 0.717) is 15.9 Å². The van der Waals surface area contributed by atoms with E-state index in [9.17, 15) is 15.2 Å². The van der Waals surface area contributed by atoms with Crippen molar-refractivity contribution in [1.29, 1.82) is 0 Å². The van der Waals surface area contributed by atoms with Gasteiger partial charge in [0.25, 0.3) is 0 Å². The van der Waals surface area contributed by atoms with Crippen LogP contribution in [-0.4, -0.2) is 23.1 Å². The summed E-state index contributed by atoms with van der Waals surface area (Å²) in [6, 6.07) is 1.87. The Morgan fingerprint density at radius 2 is 2.05 bits per heavy atom. The van der Waals surface area contributed by atoms with Crippen LogP contribution in [0.2, 0.25) is 0 Å². The van der Waals surface area contributed by atoms with Gasteiger partial charge >= 0.3 is 5.69 Å². The van der Waals surface area contributed by atoms with Crippen LogP contribution in [0.1, 0.15) is 50.5 Å². The lowest BCUT2D eigenvalue weighted by atomic mass is 9.87. The van der Waals surface area contributed by atoms with Crippen molar-refractivity contribution in [2.45, 2.75) is 51.7 Å². The Hall–Kier alpha value is -1.14. The Labute approximate surface area is 123 Å². The van der Waals surface area contributed by atoms with E-state index >= 15 is 0 Å². The van der Waals surface area contributed by atoms with Gasteiger partial charge in [0.05, 0.1) is 11.0 Å². The number of nitro groups is 1. The molecule has 1 aliphatic rings. The normalized spacial score (nSPS) is 24.4. The Bertz CT molecular complexity index is 479. The molecule has 2 rings (SSSR count). The molecule has 0 bridgehead atoms. The summed E-state index contributed by atoms with van der Waals surface area (Å²) in [5, 5.41) is 21.5. The third kappa shape index (κ3) is 3.12. The highest BCUT2D eigenvalue weighted by Crippen LogP contribution is 2.42. The Morgan fingerprint density at radius 3 is 2.55 bits per heavy atom. The minimum Gasteiger partial charge on any atom is -0.388 e. The number of hydrogen-bond acceptors (Lipinski definition) is 5. The number of aliphatic hydroxyl groups is 1. The number of hydrogen-bond donors (Lipinski definition) is 1. The van der Waals surface area contributed by atoms with E-state index in [-0.39, 0.29) is 10.6 Å². The van der Waals surface area contributed by atoms with Crippen molar-refractivity contribution >= 4 is 22.0 Å². The minimum absolute atomic E-state index is 0.118. The van der Waals surface area contributed by atoms with Crippen molar-refractivity contribution in [3.8, 4) is 0 Å². The van der Waals surface area contributed by atoms with E-state index in [1.54, 1.807) is 6.92 Å². The minimum atomic E-state index is -0.660. The van der Waals surface area contributed by atoms with Gasteiger partial charge in [-0.1, -0.05) is 6.92 Å². The Kier molecular flexibility index (Phi) is 4.65. The zero-order valence-corrected chi connectivity index (χ0v) is 13.0. The lowest BCUT2D eigenvalue weighted by Gasteiger charge is -2.33. The monoisotopic (exact) mass is 298 g/mol. The van der Waals surface area contributed by atoms with Crippen LogP contribution in [0.5, 0.6) is 0 Å². The SMILES string of the molecule is CC1CCC(N(C)c2sc([C@@H](C)O)cc2[N+](=O)[O-])CC1. The molecule has 1 atom stereocenters. The lowest BCUT2D eigenvalue weighted by molar-refractivity contribution is -0.383. The maximum atomic E-state index is 11.2. The van der Waals surface area contributed by atoms with Crippen LogP contribution in [0.4, 0.5) is 10.7 Å². The van der Waals surface area contributed by atoms with Crippen molar-refractivity contribution in [1.82, 2.24) is 0 Å². The molecule has 1 heterocycles. The summed E-state index contributed by atoms with van der Waals surface area (Å²) in [5.74, 6) is 0.756. The number of anilines is 1.